The van der Waals surface area contributed by atoms with E-state index in [1.54, 1.807) is 6.92 Å². The SMILES string of the molecule is CCCNC(=O)C(C)NCCC(N)=NO. The maximum Gasteiger partial charge on any atom is 0.236 e. The number of hydrogen-bond donors (Lipinski definition) is 4. The molecule has 0 aromatic carbocycles. The molecule has 0 bridgehead atoms. The fourth-order valence-corrected chi connectivity index (χ4v) is 0.961. The molecule has 0 aliphatic rings. The van der Waals surface area contributed by atoms with Crippen molar-refractivity contribution >= 4 is 11.7 Å². The molecular formula is C9H20N4O2. The lowest BCUT2D eigenvalue weighted by Crippen LogP contribution is -2.43. The second-order valence-corrected chi connectivity index (χ2v) is 3.31. The van der Waals surface area contributed by atoms with Crippen LogP contribution in [0.15, 0.2) is 5.16 Å². The van der Waals surface area contributed by atoms with E-state index in [-0.39, 0.29) is 17.8 Å². The van der Waals surface area contributed by atoms with E-state index in [9.17, 15) is 4.79 Å². The molecule has 1 unspecified atom stereocenters. The Bertz CT molecular complexity index is 218. The highest BCUT2D eigenvalue weighted by molar-refractivity contribution is 5.82. The maximum atomic E-state index is 11.4. The van der Waals surface area contributed by atoms with Crippen molar-refractivity contribution in [2.75, 3.05) is 13.1 Å². The topological polar surface area (TPSA) is 99.7 Å². The van der Waals surface area contributed by atoms with Gasteiger partial charge in [-0.1, -0.05) is 12.1 Å². The van der Waals surface area contributed by atoms with E-state index in [1.807, 2.05) is 6.92 Å². The van der Waals surface area contributed by atoms with Gasteiger partial charge in [0.15, 0.2) is 0 Å². The minimum Gasteiger partial charge on any atom is -0.409 e. The summed E-state index contributed by atoms with van der Waals surface area (Å²) in [5.74, 6) is 0.125. The molecule has 0 aromatic rings. The number of amides is 1. The summed E-state index contributed by atoms with van der Waals surface area (Å²) in [5.41, 5.74) is 5.27. The molecule has 0 spiro atoms. The van der Waals surface area contributed by atoms with Crippen LogP contribution in [-0.4, -0.2) is 36.1 Å². The van der Waals surface area contributed by atoms with E-state index in [0.29, 0.717) is 19.5 Å². The van der Waals surface area contributed by atoms with Crippen molar-refractivity contribution in [3.05, 3.63) is 0 Å². The summed E-state index contributed by atoms with van der Waals surface area (Å²) in [6.07, 6.45) is 1.34. The number of hydrogen-bond acceptors (Lipinski definition) is 4. The monoisotopic (exact) mass is 216 g/mol. The minimum absolute atomic E-state index is 0.0311. The van der Waals surface area contributed by atoms with Gasteiger partial charge in [-0.25, -0.2) is 0 Å². The van der Waals surface area contributed by atoms with Gasteiger partial charge >= 0.3 is 0 Å². The van der Waals surface area contributed by atoms with Crippen molar-refractivity contribution in [2.24, 2.45) is 10.9 Å². The number of amidine groups is 1. The molecule has 0 rings (SSSR count). The molecule has 15 heavy (non-hydrogen) atoms. The average molecular weight is 216 g/mol. The Morgan fingerprint density at radius 1 is 1.53 bits per heavy atom. The summed E-state index contributed by atoms with van der Waals surface area (Å²) in [6.45, 7) is 4.97. The first-order valence-corrected chi connectivity index (χ1v) is 5.09. The van der Waals surface area contributed by atoms with Gasteiger partial charge in [-0.05, 0) is 13.3 Å². The molecule has 6 nitrogen and oxygen atoms in total. The van der Waals surface area contributed by atoms with Crippen LogP contribution in [-0.2, 0) is 4.79 Å². The molecule has 0 fully saturated rings. The number of rotatable bonds is 7. The highest BCUT2D eigenvalue weighted by Crippen LogP contribution is 1.84. The van der Waals surface area contributed by atoms with Crippen LogP contribution < -0.4 is 16.4 Å². The van der Waals surface area contributed by atoms with E-state index in [4.69, 9.17) is 10.9 Å². The first-order valence-electron chi connectivity index (χ1n) is 5.09. The van der Waals surface area contributed by atoms with Gasteiger partial charge in [0.1, 0.15) is 5.84 Å². The zero-order valence-electron chi connectivity index (χ0n) is 9.29. The third-order valence-corrected chi connectivity index (χ3v) is 1.90. The van der Waals surface area contributed by atoms with E-state index >= 15 is 0 Å². The predicted octanol–water partition coefficient (Wildman–Crippen LogP) is -0.373. The Kier molecular flexibility index (Phi) is 7.35. The number of nitrogens with one attached hydrogen (secondary N) is 2. The third-order valence-electron chi connectivity index (χ3n) is 1.90. The first-order chi connectivity index (χ1) is 7.11. The molecule has 0 saturated carbocycles. The second kappa shape index (κ2) is 8.05. The van der Waals surface area contributed by atoms with Crippen molar-refractivity contribution in [3.63, 3.8) is 0 Å². The molecule has 88 valence electrons. The maximum absolute atomic E-state index is 11.4. The molecule has 5 N–H and O–H groups in total. The predicted molar refractivity (Wildman–Crippen MR) is 58.8 cm³/mol. The molecule has 0 aliphatic heterocycles. The van der Waals surface area contributed by atoms with Gasteiger partial charge in [-0.2, -0.15) is 0 Å². The summed E-state index contributed by atoms with van der Waals surface area (Å²) in [4.78, 5) is 11.4. The Balaban J connectivity index is 3.64. The molecule has 0 aromatic heterocycles. The normalized spacial score (nSPS) is 13.6. The second-order valence-electron chi connectivity index (χ2n) is 3.31. The van der Waals surface area contributed by atoms with Crippen molar-refractivity contribution in [3.8, 4) is 0 Å². The molecular weight excluding hydrogens is 196 g/mol. The lowest BCUT2D eigenvalue weighted by Gasteiger charge is -2.13. The van der Waals surface area contributed by atoms with Crippen LogP contribution in [0.1, 0.15) is 26.7 Å². The minimum atomic E-state index is -0.261. The number of carbonyl (C=O) groups excluding carboxylic acids is 1. The van der Waals surface area contributed by atoms with Gasteiger partial charge in [0.05, 0.1) is 6.04 Å². The van der Waals surface area contributed by atoms with Gasteiger partial charge in [-0.3, -0.25) is 4.79 Å². The molecule has 1 amide bonds. The average Bonchev–Trinajstić information content (AvgIpc) is 2.25. The third kappa shape index (κ3) is 6.73. The molecule has 0 heterocycles. The zero-order chi connectivity index (χ0) is 11.7. The first kappa shape index (κ1) is 13.7. The van der Waals surface area contributed by atoms with E-state index in [0.717, 1.165) is 6.42 Å². The van der Waals surface area contributed by atoms with E-state index in [1.165, 1.54) is 0 Å². The van der Waals surface area contributed by atoms with Crippen LogP contribution in [0.25, 0.3) is 0 Å². The standard InChI is InChI=1S/C9H20N4O2/c1-3-5-12-9(14)7(2)11-6-4-8(10)13-15/h7,11,15H,3-6H2,1-2H3,(H2,10,13)(H,12,14). The highest BCUT2D eigenvalue weighted by Gasteiger charge is 2.10. The molecule has 0 aliphatic carbocycles. The molecule has 6 heteroatoms. The van der Waals surface area contributed by atoms with Crippen LogP contribution in [0.3, 0.4) is 0 Å². The van der Waals surface area contributed by atoms with Gasteiger partial charge in [-0.15, -0.1) is 0 Å². The molecule has 0 radical (unpaired) electrons. The van der Waals surface area contributed by atoms with E-state index in [2.05, 4.69) is 15.8 Å². The van der Waals surface area contributed by atoms with Gasteiger partial charge in [0.2, 0.25) is 5.91 Å². The van der Waals surface area contributed by atoms with Gasteiger partial charge in [0.25, 0.3) is 0 Å². The smallest absolute Gasteiger partial charge is 0.236 e. The van der Waals surface area contributed by atoms with E-state index < -0.39 is 0 Å². The number of oxime groups is 1. The Morgan fingerprint density at radius 3 is 2.73 bits per heavy atom. The summed E-state index contributed by atoms with van der Waals surface area (Å²) in [5, 5.41) is 16.9. The molecule has 1 atom stereocenters. The lowest BCUT2D eigenvalue weighted by molar-refractivity contribution is -0.122. The zero-order valence-corrected chi connectivity index (χ0v) is 9.29. The van der Waals surface area contributed by atoms with Gasteiger partial charge < -0.3 is 21.6 Å². The number of nitrogens with two attached hydrogens (primary N) is 1. The van der Waals surface area contributed by atoms with Crippen LogP contribution in [0.4, 0.5) is 0 Å². The highest BCUT2D eigenvalue weighted by atomic mass is 16.4. The van der Waals surface area contributed by atoms with Crippen LogP contribution in [0, 0.1) is 0 Å². The van der Waals surface area contributed by atoms with Crippen LogP contribution in [0.5, 0.6) is 0 Å². The quantitative estimate of drug-likeness (QED) is 0.202. The molecule has 0 saturated heterocycles. The largest absolute Gasteiger partial charge is 0.409 e. The fourth-order valence-electron chi connectivity index (χ4n) is 0.961. The van der Waals surface area contributed by atoms with Crippen molar-refractivity contribution < 1.29 is 10.0 Å². The number of nitrogens with zero attached hydrogens (tertiary/aromatic N) is 1. The van der Waals surface area contributed by atoms with Crippen molar-refractivity contribution in [1.82, 2.24) is 10.6 Å². The Hall–Kier alpha value is -1.30. The van der Waals surface area contributed by atoms with Crippen LogP contribution in [0.2, 0.25) is 0 Å². The Morgan fingerprint density at radius 2 is 2.20 bits per heavy atom. The fraction of sp³-hybridized carbons (Fsp3) is 0.778. The van der Waals surface area contributed by atoms with Crippen molar-refractivity contribution in [2.45, 2.75) is 32.7 Å². The van der Waals surface area contributed by atoms with Gasteiger partial charge in [0, 0.05) is 19.5 Å². The lowest BCUT2D eigenvalue weighted by atomic mass is 10.3. The van der Waals surface area contributed by atoms with Crippen LogP contribution >= 0.6 is 0 Å². The summed E-state index contributed by atoms with van der Waals surface area (Å²) >= 11 is 0. The van der Waals surface area contributed by atoms with Crippen molar-refractivity contribution in [1.29, 1.82) is 0 Å². The Labute approximate surface area is 89.9 Å². The summed E-state index contributed by atoms with van der Waals surface area (Å²) in [7, 11) is 0. The summed E-state index contributed by atoms with van der Waals surface area (Å²) < 4.78 is 0. The summed E-state index contributed by atoms with van der Waals surface area (Å²) in [6, 6.07) is -0.261. The number of carbonyl (C=O) groups is 1.